The van der Waals surface area contributed by atoms with Crippen LogP contribution in [-0.2, 0) is 4.57 Å². The minimum absolute atomic E-state index is 0.0838. The zero-order valence-corrected chi connectivity index (χ0v) is 13.4. The van der Waals surface area contributed by atoms with Crippen molar-refractivity contribution in [2.45, 2.75) is 9.79 Å². The van der Waals surface area contributed by atoms with Crippen molar-refractivity contribution in [2.75, 3.05) is 18.4 Å². The fourth-order valence-corrected chi connectivity index (χ4v) is 3.27. The highest BCUT2D eigenvalue weighted by Crippen LogP contribution is 2.37. The third-order valence-corrected chi connectivity index (χ3v) is 4.35. The van der Waals surface area contributed by atoms with Crippen LogP contribution in [0, 0.1) is 10.1 Å². The molecule has 0 fully saturated rings. The van der Waals surface area contributed by atoms with Crippen molar-refractivity contribution >= 4 is 30.4 Å². The summed E-state index contributed by atoms with van der Waals surface area (Å²) >= 11 is 1.52. The summed E-state index contributed by atoms with van der Waals surface area (Å²) in [4.78, 5) is 12.1. The van der Waals surface area contributed by atoms with Gasteiger partial charge in [0.05, 0.1) is 4.92 Å². The Labute approximate surface area is 127 Å². The van der Waals surface area contributed by atoms with Crippen LogP contribution in [0.1, 0.15) is 0 Å². The van der Waals surface area contributed by atoms with Crippen LogP contribution >= 0.6 is 19.1 Å². The number of non-ortho nitro benzene ring substituents is 1. The predicted molar refractivity (Wildman–Crippen MR) is 86.7 cm³/mol. The van der Waals surface area contributed by atoms with E-state index in [1.807, 2.05) is 24.3 Å². The number of nitro groups is 1. The molecule has 0 aromatic heterocycles. The molecule has 0 saturated heterocycles. The SMILES string of the molecule is CP(C)(=O)Nc1ccc(Sc2ccc([N+](=O)[O-])cc2)cc1. The third-order valence-electron chi connectivity index (χ3n) is 2.54. The minimum atomic E-state index is -2.30. The van der Waals surface area contributed by atoms with Crippen molar-refractivity contribution in [1.29, 1.82) is 0 Å². The van der Waals surface area contributed by atoms with Crippen molar-refractivity contribution < 1.29 is 9.49 Å². The van der Waals surface area contributed by atoms with Gasteiger partial charge in [-0.1, -0.05) is 11.8 Å². The first-order valence-corrected chi connectivity index (χ1v) is 9.61. The molecule has 0 unspecified atom stereocenters. The molecule has 2 aromatic rings. The number of nitrogens with zero attached hydrogens (tertiary/aromatic N) is 1. The molecule has 21 heavy (non-hydrogen) atoms. The quantitative estimate of drug-likeness (QED) is 0.491. The van der Waals surface area contributed by atoms with E-state index >= 15 is 0 Å². The van der Waals surface area contributed by atoms with Gasteiger partial charge in [0.25, 0.3) is 5.69 Å². The van der Waals surface area contributed by atoms with E-state index in [0.717, 1.165) is 15.5 Å². The maximum absolute atomic E-state index is 11.7. The molecule has 0 aliphatic heterocycles. The zero-order valence-electron chi connectivity index (χ0n) is 11.6. The van der Waals surface area contributed by atoms with Crippen molar-refractivity contribution in [1.82, 2.24) is 0 Å². The van der Waals surface area contributed by atoms with Gasteiger partial charge >= 0.3 is 0 Å². The first-order chi connectivity index (χ1) is 9.83. The van der Waals surface area contributed by atoms with E-state index in [1.165, 1.54) is 23.9 Å². The van der Waals surface area contributed by atoms with E-state index in [0.29, 0.717) is 0 Å². The minimum Gasteiger partial charge on any atom is -0.337 e. The summed E-state index contributed by atoms with van der Waals surface area (Å²) < 4.78 is 11.7. The van der Waals surface area contributed by atoms with Crippen LogP contribution in [0.25, 0.3) is 0 Å². The predicted octanol–water partition coefficient (Wildman–Crippen LogP) is 4.70. The maximum atomic E-state index is 11.7. The van der Waals surface area contributed by atoms with Crippen molar-refractivity contribution in [3.05, 3.63) is 58.6 Å². The highest BCUT2D eigenvalue weighted by atomic mass is 32.2. The third kappa shape index (κ3) is 4.92. The number of nitrogens with one attached hydrogen (secondary N) is 1. The molecule has 1 N–H and O–H groups in total. The van der Waals surface area contributed by atoms with Crippen LogP contribution in [0.4, 0.5) is 11.4 Å². The standard InChI is InChI=1S/C14H15N2O3PS/c1-20(2,19)15-11-3-7-13(8-4-11)21-14-9-5-12(6-10-14)16(17)18/h3-10H,1-2H3,(H,15,19). The van der Waals surface area contributed by atoms with Crippen LogP contribution in [0.2, 0.25) is 0 Å². The molecule has 2 rings (SSSR count). The van der Waals surface area contributed by atoms with E-state index in [9.17, 15) is 14.7 Å². The molecule has 0 heterocycles. The average Bonchev–Trinajstić information content (AvgIpc) is 2.40. The van der Waals surface area contributed by atoms with E-state index in [1.54, 1.807) is 25.5 Å². The van der Waals surface area contributed by atoms with Gasteiger partial charge in [-0.25, -0.2) is 0 Å². The Balaban J connectivity index is 2.06. The molecular formula is C14H15N2O3PS. The van der Waals surface area contributed by atoms with Gasteiger partial charge in [0.15, 0.2) is 7.29 Å². The first-order valence-electron chi connectivity index (χ1n) is 6.19. The van der Waals surface area contributed by atoms with Crippen LogP contribution in [0.3, 0.4) is 0 Å². The van der Waals surface area contributed by atoms with Gasteiger partial charge < -0.3 is 9.65 Å². The largest absolute Gasteiger partial charge is 0.337 e. The number of hydrogen-bond donors (Lipinski definition) is 1. The summed E-state index contributed by atoms with van der Waals surface area (Å²) in [6, 6.07) is 14.0. The van der Waals surface area contributed by atoms with Crippen LogP contribution < -0.4 is 5.09 Å². The number of hydrogen-bond acceptors (Lipinski definition) is 4. The molecule has 0 saturated carbocycles. The molecule has 110 valence electrons. The molecule has 0 spiro atoms. The molecular weight excluding hydrogens is 307 g/mol. The Kier molecular flexibility index (Phi) is 4.70. The topological polar surface area (TPSA) is 72.2 Å². The van der Waals surface area contributed by atoms with E-state index in [2.05, 4.69) is 5.09 Å². The van der Waals surface area contributed by atoms with Crippen molar-refractivity contribution in [3.63, 3.8) is 0 Å². The lowest BCUT2D eigenvalue weighted by molar-refractivity contribution is -0.384. The number of anilines is 1. The van der Waals surface area contributed by atoms with Gasteiger partial charge in [-0.15, -0.1) is 0 Å². The summed E-state index contributed by atoms with van der Waals surface area (Å²) in [5, 5.41) is 13.6. The van der Waals surface area contributed by atoms with Gasteiger partial charge in [0.2, 0.25) is 0 Å². The van der Waals surface area contributed by atoms with Crippen LogP contribution in [-0.4, -0.2) is 18.3 Å². The molecule has 0 radical (unpaired) electrons. The van der Waals surface area contributed by atoms with Gasteiger partial charge in [-0.05, 0) is 36.4 Å². The molecule has 0 bridgehead atoms. The highest BCUT2D eigenvalue weighted by molar-refractivity contribution is 7.99. The van der Waals surface area contributed by atoms with Gasteiger partial charge in [0, 0.05) is 40.9 Å². The summed E-state index contributed by atoms with van der Waals surface area (Å²) in [6.07, 6.45) is 0. The lowest BCUT2D eigenvalue weighted by Crippen LogP contribution is -1.92. The maximum Gasteiger partial charge on any atom is 0.269 e. The van der Waals surface area contributed by atoms with Crippen molar-refractivity contribution in [2.24, 2.45) is 0 Å². The fourth-order valence-electron chi connectivity index (χ4n) is 1.68. The van der Waals surface area contributed by atoms with Crippen LogP contribution in [0.15, 0.2) is 58.3 Å². The Morgan fingerprint density at radius 2 is 1.48 bits per heavy atom. The molecule has 0 aliphatic carbocycles. The van der Waals surface area contributed by atoms with E-state index < -0.39 is 12.2 Å². The Morgan fingerprint density at radius 1 is 1.00 bits per heavy atom. The first kappa shape index (κ1) is 15.6. The van der Waals surface area contributed by atoms with Gasteiger partial charge in [0.1, 0.15) is 0 Å². The van der Waals surface area contributed by atoms with E-state index in [-0.39, 0.29) is 5.69 Å². The zero-order chi connectivity index (χ0) is 15.5. The van der Waals surface area contributed by atoms with Gasteiger partial charge in [-0.2, -0.15) is 0 Å². The lowest BCUT2D eigenvalue weighted by Gasteiger charge is -2.11. The highest BCUT2D eigenvalue weighted by Gasteiger charge is 2.07. The normalized spacial score (nSPS) is 11.1. The summed E-state index contributed by atoms with van der Waals surface area (Å²) in [5.74, 6) is 0. The summed E-state index contributed by atoms with van der Waals surface area (Å²) in [5.41, 5.74) is 0.900. The average molecular weight is 322 g/mol. The monoisotopic (exact) mass is 322 g/mol. The second kappa shape index (κ2) is 6.33. The lowest BCUT2D eigenvalue weighted by atomic mass is 10.3. The molecule has 2 aromatic carbocycles. The Bertz CT molecular complexity index is 680. The molecule has 0 atom stereocenters. The van der Waals surface area contributed by atoms with E-state index in [4.69, 9.17) is 0 Å². The summed E-state index contributed by atoms with van der Waals surface area (Å²) in [7, 11) is -2.30. The number of nitro benzene ring substituents is 1. The van der Waals surface area contributed by atoms with Crippen LogP contribution in [0.5, 0.6) is 0 Å². The number of benzene rings is 2. The number of rotatable bonds is 5. The smallest absolute Gasteiger partial charge is 0.269 e. The molecule has 0 aliphatic rings. The summed E-state index contributed by atoms with van der Waals surface area (Å²) in [6.45, 7) is 3.35. The Morgan fingerprint density at radius 3 is 1.90 bits per heavy atom. The Hall–Kier alpha value is -1.78. The fraction of sp³-hybridized carbons (Fsp3) is 0.143. The molecule has 7 heteroatoms. The van der Waals surface area contributed by atoms with Crippen molar-refractivity contribution in [3.8, 4) is 0 Å². The molecule has 5 nitrogen and oxygen atoms in total. The second-order valence-electron chi connectivity index (χ2n) is 4.84. The van der Waals surface area contributed by atoms with Gasteiger partial charge in [-0.3, -0.25) is 10.1 Å². The second-order valence-corrected chi connectivity index (χ2v) is 8.91. The molecule has 0 amide bonds.